The molecule has 116 valence electrons. The molecule has 4 unspecified atom stereocenters. The molecule has 1 aromatic carbocycles. The Morgan fingerprint density at radius 1 is 1.33 bits per heavy atom. The van der Waals surface area contributed by atoms with Crippen LogP contribution >= 0.6 is 0 Å². The van der Waals surface area contributed by atoms with Crippen molar-refractivity contribution in [3.63, 3.8) is 0 Å². The average molecular weight is 302 g/mol. The summed E-state index contributed by atoms with van der Waals surface area (Å²) in [5, 5.41) is 0. The summed E-state index contributed by atoms with van der Waals surface area (Å²) < 4.78 is 46.6. The lowest BCUT2D eigenvalue weighted by Gasteiger charge is -2.28. The summed E-state index contributed by atoms with van der Waals surface area (Å²) in [5.74, 6) is 5.57. The monoisotopic (exact) mass is 302 g/mol. The first kappa shape index (κ1) is 14.6. The van der Waals surface area contributed by atoms with Gasteiger partial charge in [-0.25, -0.2) is 0 Å². The lowest BCUT2D eigenvalue weighted by Crippen LogP contribution is -2.37. The van der Waals surface area contributed by atoms with Crippen molar-refractivity contribution in [3.05, 3.63) is 29.8 Å². The van der Waals surface area contributed by atoms with Gasteiger partial charge in [0, 0.05) is 5.92 Å². The maximum absolute atomic E-state index is 12.3. The van der Waals surface area contributed by atoms with Crippen LogP contribution in [0.4, 0.5) is 13.2 Å². The average Bonchev–Trinajstić information content (AvgIpc) is 3.00. The van der Waals surface area contributed by atoms with Crippen LogP contribution in [0.15, 0.2) is 24.3 Å². The summed E-state index contributed by atoms with van der Waals surface area (Å²) in [6.07, 6.45) is -1.40. The minimum Gasteiger partial charge on any atom is -0.406 e. The number of hydrazine groups is 1. The Kier molecular flexibility index (Phi) is 3.81. The lowest BCUT2D eigenvalue weighted by molar-refractivity contribution is -0.274. The van der Waals surface area contributed by atoms with E-state index in [0.717, 1.165) is 19.3 Å². The van der Waals surface area contributed by atoms with Crippen LogP contribution in [0, 0.1) is 5.92 Å². The molecule has 0 amide bonds. The third-order valence-corrected chi connectivity index (χ3v) is 4.21. The van der Waals surface area contributed by atoms with E-state index in [1.165, 1.54) is 18.2 Å². The molecule has 4 nitrogen and oxygen atoms in total. The number of fused-ring (bicyclic) bond motifs is 2. The third-order valence-electron chi connectivity index (χ3n) is 4.21. The molecule has 2 fully saturated rings. The fraction of sp³-hybridized carbons (Fsp3) is 0.571. The molecular formula is C14H17F3N2O2. The number of ether oxygens (including phenoxy) is 2. The van der Waals surface area contributed by atoms with E-state index < -0.39 is 6.36 Å². The fourth-order valence-electron chi connectivity index (χ4n) is 3.40. The summed E-state index contributed by atoms with van der Waals surface area (Å²) in [5.41, 5.74) is 3.40. The van der Waals surface area contributed by atoms with E-state index in [-0.39, 0.29) is 29.9 Å². The Labute approximate surface area is 120 Å². The minimum atomic E-state index is -4.69. The quantitative estimate of drug-likeness (QED) is 0.663. The molecule has 0 aliphatic carbocycles. The van der Waals surface area contributed by atoms with Gasteiger partial charge in [-0.05, 0) is 37.0 Å². The number of nitrogens with one attached hydrogen (secondary N) is 1. The van der Waals surface area contributed by atoms with Crippen LogP contribution in [0.2, 0.25) is 0 Å². The van der Waals surface area contributed by atoms with E-state index in [2.05, 4.69) is 10.2 Å². The van der Waals surface area contributed by atoms with E-state index in [4.69, 9.17) is 10.6 Å². The molecule has 4 atom stereocenters. The molecule has 0 saturated carbocycles. The number of hydrogen-bond donors (Lipinski definition) is 2. The molecule has 2 aliphatic heterocycles. The van der Waals surface area contributed by atoms with Gasteiger partial charge in [-0.1, -0.05) is 12.1 Å². The second-order valence-corrected chi connectivity index (χ2v) is 5.54. The Bertz CT molecular complexity index is 509. The van der Waals surface area contributed by atoms with Crippen LogP contribution < -0.4 is 16.0 Å². The van der Waals surface area contributed by atoms with E-state index in [0.29, 0.717) is 5.56 Å². The summed E-state index contributed by atoms with van der Waals surface area (Å²) in [7, 11) is 0. The number of rotatable bonds is 4. The van der Waals surface area contributed by atoms with Crippen molar-refractivity contribution in [2.24, 2.45) is 11.8 Å². The molecule has 0 spiro atoms. The molecule has 1 aromatic rings. The van der Waals surface area contributed by atoms with E-state index in [9.17, 15) is 13.2 Å². The second kappa shape index (κ2) is 5.47. The molecule has 0 radical (unpaired) electrons. The van der Waals surface area contributed by atoms with Gasteiger partial charge < -0.3 is 9.47 Å². The first-order valence-corrected chi connectivity index (χ1v) is 6.93. The van der Waals surface area contributed by atoms with Crippen LogP contribution in [-0.4, -0.2) is 18.6 Å². The van der Waals surface area contributed by atoms with Crippen molar-refractivity contribution in [3.8, 4) is 5.75 Å². The number of hydrogen-bond acceptors (Lipinski definition) is 4. The highest BCUT2D eigenvalue weighted by atomic mass is 19.4. The molecule has 2 bridgehead atoms. The van der Waals surface area contributed by atoms with Crippen LogP contribution in [0.25, 0.3) is 0 Å². The van der Waals surface area contributed by atoms with Crippen molar-refractivity contribution in [1.82, 2.24) is 5.43 Å². The number of halogens is 3. The normalized spacial score (nSPS) is 29.6. The Balaban J connectivity index is 1.79. The van der Waals surface area contributed by atoms with Crippen LogP contribution in [0.3, 0.4) is 0 Å². The van der Waals surface area contributed by atoms with Crippen molar-refractivity contribution < 1.29 is 22.6 Å². The molecule has 7 heteroatoms. The second-order valence-electron chi connectivity index (χ2n) is 5.54. The SMILES string of the molecule is NNC(c1cccc(OC(F)(F)F)c1)C1CC2CCC1O2. The standard InChI is InChI=1S/C14H17F3N2O2/c15-14(16,17)21-10-3-1-2-8(6-10)13(19-18)11-7-9-4-5-12(11)20-9/h1-3,6,9,11-13,19H,4-5,7,18H2. The smallest absolute Gasteiger partial charge is 0.406 e. The summed E-state index contributed by atoms with van der Waals surface area (Å²) in [4.78, 5) is 0. The zero-order chi connectivity index (χ0) is 15.0. The Hall–Kier alpha value is -1.31. The number of alkyl halides is 3. The van der Waals surface area contributed by atoms with Crippen molar-refractivity contribution >= 4 is 0 Å². The lowest BCUT2D eigenvalue weighted by atomic mass is 9.81. The Morgan fingerprint density at radius 3 is 2.71 bits per heavy atom. The first-order chi connectivity index (χ1) is 9.96. The van der Waals surface area contributed by atoms with E-state index in [1.54, 1.807) is 6.07 Å². The molecule has 0 aromatic heterocycles. The van der Waals surface area contributed by atoms with Crippen molar-refractivity contribution in [2.45, 2.75) is 43.9 Å². The summed E-state index contributed by atoms with van der Waals surface area (Å²) in [6, 6.07) is 5.71. The minimum absolute atomic E-state index is 0.128. The predicted molar refractivity (Wildman–Crippen MR) is 69.2 cm³/mol. The van der Waals surface area contributed by atoms with Crippen LogP contribution in [0.1, 0.15) is 30.9 Å². The molecular weight excluding hydrogens is 285 g/mol. The van der Waals surface area contributed by atoms with Gasteiger partial charge in [0.25, 0.3) is 0 Å². The molecule has 2 saturated heterocycles. The first-order valence-electron chi connectivity index (χ1n) is 6.93. The largest absolute Gasteiger partial charge is 0.573 e. The van der Waals surface area contributed by atoms with E-state index >= 15 is 0 Å². The Morgan fingerprint density at radius 2 is 2.14 bits per heavy atom. The fourth-order valence-corrected chi connectivity index (χ4v) is 3.40. The molecule has 21 heavy (non-hydrogen) atoms. The van der Waals surface area contributed by atoms with Gasteiger partial charge in [0.15, 0.2) is 0 Å². The van der Waals surface area contributed by atoms with Crippen molar-refractivity contribution in [2.75, 3.05) is 0 Å². The maximum atomic E-state index is 12.3. The highest BCUT2D eigenvalue weighted by molar-refractivity contribution is 5.31. The summed E-state index contributed by atoms with van der Waals surface area (Å²) in [6.45, 7) is 0. The van der Waals surface area contributed by atoms with Crippen molar-refractivity contribution in [1.29, 1.82) is 0 Å². The zero-order valence-electron chi connectivity index (χ0n) is 11.3. The predicted octanol–water partition coefficient (Wildman–Crippen LogP) is 2.66. The van der Waals surface area contributed by atoms with Gasteiger partial charge >= 0.3 is 6.36 Å². The van der Waals surface area contributed by atoms with Crippen LogP contribution in [0.5, 0.6) is 5.75 Å². The molecule has 3 rings (SSSR count). The topological polar surface area (TPSA) is 56.5 Å². The third kappa shape index (κ3) is 3.14. The van der Waals surface area contributed by atoms with Crippen LogP contribution in [-0.2, 0) is 4.74 Å². The summed E-state index contributed by atoms with van der Waals surface area (Å²) >= 11 is 0. The van der Waals surface area contributed by atoms with Gasteiger partial charge in [0.05, 0.1) is 18.2 Å². The van der Waals surface area contributed by atoms with Gasteiger partial charge in [0.1, 0.15) is 5.75 Å². The number of nitrogens with two attached hydrogens (primary N) is 1. The molecule has 3 N–H and O–H groups in total. The van der Waals surface area contributed by atoms with Gasteiger partial charge in [-0.3, -0.25) is 11.3 Å². The van der Waals surface area contributed by atoms with E-state index in [1.807, 2.05) is 0 Å². The molecule has 2 aliphatic rings. The highest BCUT2D eigenvalue weighted by Crippen LogP contribution is 2.44. The number of benzene rings is 1. The maximum Gasteiger partial charge on any atom is 0.573 e. The highest BCUT2D eigenvalue weighted by Gasteiger charge is 2.44. The van der Waals surface area contributed by atoms with Gasteiger partial charge in [0.2, 0.25) is 0 Å². The molecule has 2 heterocycles. The zero-order valence-corrected chi connectivity index (χ0v) is 11.3. The van der Waals surface area contributed by atoms with Gasteiger partial charge in [-0.15, -0.1) is 13.2 Å². The van der Waals surface area contributed by atoms with Gasteiger partial charge in [-0.2, -0.15) is 0 Å².